The number of nitriles is 1. The van der Waals surface area contributed by atoms with Crippen molar-refractivity contribution in [3.05, 3.63) is 59.7 Å². The molecule has 2 aromatic rings. The number of ether oxygens (including phenoxy) is 1. The molecule has 0 saturated carbocycles. The molecule has 0 aliphatic carbocycles. The van der Waals surface area contributed by atoms with Crippen LogP contribution < -0.4 is 10.1 Å². The van der Waals surface area contributed by atoms with Crippen molar-refractivity contribution >= 4 is 11.6 Å². The first-order valence-electron chi connectivity index (χ1n) is 7.27. The molecule has 0 aliphatic heterocycles. The van der Waals surface area contributed by atoms with E-state index in [1.165, 1.54) is 0 Å². The average Bonchev–Trinajstić information content (AvgIpc) is 2.57. The van der Waals surface area contributed by atoms with E-state index in [1.54, 1.807) is 24.3 Å². The minimum Gasteiger partial charge on any atom is -0.494 e. The predicted molar refractivity (Wildman–Crippen MR) is 86.0 cm³/mol. The molecule has 0 saturated heterocycles. The van der Waals surface area contributed by atoms with Crippen LogP contribution in [0.5, 0.6) is 5.75 Å². The van der Waals surface area contributed by atoms with Gasteiger partial charge in [0, 0.05) is 11.3 Å². The molecular weight excluding hydrogens is 276 g/mol. The molecule has 4 nitrogen and oxygen atoms in total. The molecule has 2 rings (SSSR count). The Balaban J connectivity index is 1.94. The molecule has 22 heavy (non-hydrogen) atoms. The number of unbranched alkanes of at least 4 members (excludes halogenated alkanes) is 1. The van der Waals surface area contributed by atoms with E-state index in [9.17, 15) is 4.79 Å². The topological polar surface area (TPSA) is 62.1 Å². The molecule has 0 fully saturated rings. The lowest BCUT2D eigenvalue weighted by Gasteiger charge is -2.08. The highest BCUT2D eigenvalue weighted by Crippen LogP contribution is 2.17. The summed E-state index contributed by atoms with van der Waals surface area (Å²) in [5.74, 6) is 0.592. The second-order valence-electron chi connectivity index (χ2n) is 4.87. The first-order chi connectivity index (χ1) is 10.7. The summed E-state index contributed by atoms with van der Waals surface area (Å²) in [5, 5.41) is 11.6. The molecule has 0 atom stereocenters. The summed E-state index contributed by atoms with van der Waals surface area (Å²) in [6.07, 6.45) is 2.12. The summed E-state index contributed by atoms with van der Waals surface area (Å²) in [5.41, 5.74) is 1.75. The van der Waals surface area contributed by atoms with Gasteiger partial charge in [0.1, 0.15) is 5.75 Å². The van der Waals surface area contributed by atoms with Crippen LogP contribution in [0, 0.1) is 11.3 Å². The molecule has 1 amide bonds. The monoisotopic (exact) mass is 294 g/mol. The number of nitrogens with one attached hydrogen (secondary N) is 1. The number of rotatable bonds is 6. The van der Waals surface area contributed by atoms with Gasteiger partial charge in [-0.05, 0) is 55.0 Å². The fourth-order valence-corrected chi connectivity index (χ4v) is 1.87. The number of hydrogen-bond acceptors (Lipinski definition) is 3. The maximum absolute atomic E-state index is 12.1. The molecule has 0 aromatic heterocycles. The smallest absolute Gasteiger partial charge is 0.255 e. The highest BCUT2D eigenvalue weighted by atomic mass is 16.5. The van der Waals surface area contributed by atoms with Crippen LogP contribution >= 0.6 is 0 Å². The number of amides is 1. The Morgan fingerprint density at radius 1 is 1.14 bits per heavy atom. The number of anilines is 1. The van der Waals surface area contributed by atoms with Gasteiger partial charge in [0.2, 0.25) is 0 Å². The van der Waals surface area contributed by atoms with E-state index in [0.717, 1.165) is 18.6 Å². The normalized spacial score (nSPS) is 9.82. The van der Waals surface area contributed by atoms with Gasteiger partial charge in [-0.3, -0.25) is 4.79 Å². The highest BCUT2D eigenvalue weighted by Gasteiger charge is 2.06. The maximum atomic E-state index is 12.1. The highest BCUT2D eigenvalue weighted by molar-refractivity contribution is 6.04. The summed E-state index contributed by atoms with van der Waals surface area (Å²) < 4.78 is 5.57. The van der Waals surface area contributed by atoms with Crippen molar-refractivity contribution in [3.8, 4) is 11.8 Å². The summed E-state index contributed by atoms with van der Waals surface area (Å²) in [6.45, 7) is 2.82. The van der Waals surface area contributed by atoms with Gasteiger partial charge in [-0.2, -0.15) is 5.26 Å². The molecular formula is C18H18N2O2. The van der Waals surface area contributed by atoms with Crippen molar-refractivity contribution in [1.29, 1.82) is 5.26 Å². The number of benzene rings is 2. The molecule has 0 unspecified atom stereocenters. The van der Waals surface area contributed by atoms with Crippen molar-refractivity contribution in [2.24, 2.45) is 0 Å². The van der Waals surface area contributed by atoms with Gasteiger partial charge in [-0.15, -0.1) is 0 Å². The second-order valence-corrected chi connectivity index (χ2v) is 4.87. The van der Waals surface area contributed by atoms with Crippen LogP contribution in [0.1, 0.15) is 35.7 Å². The zero-order valence-corrected chi connectivity index (χ0v) is 12.5. The fraction of sp³-hybridized carbons (Fsp3) is 0.222. The third-order valence-electron chi connectivity index (χ3n) is 3.15. The number of nitrogens with zero attached hydrogens (tertiary/aromatic N) is 1. The van der Waals surface area contributed by atoms with Crippen molar-refractivity contribution in [2.45, 2.75) is 19.8 Å². The van der Waals surface area contributed by atoms with Crippen LogP contribution in [-0.2, 0) is 0 Å². The first-order valence-corrected chi connectivity index (χ1v) is 7.27. The Labute approximate surface area is 130 Å². The Morgan fingerprint density at radius 3 is 2.41 bits per heavy atom. The second kappa shape index (κ2) is 7.84. The number of carbonyl (C=O) groups excluding carboxylic acids is 1. The van der Waals surface area contributed by atoms with Crippen molar-refractivity contribution in [3.63, 3.8) is 0 Å². The standard InChI is InChI=1S/C18H18N2O2/c1-2-3-12-22-17-10-8-16(9-11-17)20-18(21)15-6-4-14(13-19)5-7-15/h4-11H,2-3,12H2,1H3,(H,20,21). The first kappa shape index (κ1) is 15.6. The summed E-state index contributed by atoms with van der Waals surface area (Å²) in [7, 11) is 0. The SMILES string of the molecule is CCCCOc1ccc(NC(=O)c2ccc(C#N)cc2)cc1. The predicted octanol–water partition coefficient (Wildman–Crippen LogP) is 3.99. The molecule has 1 N–H and O–H groups in total. The molecule has 0 bridgehead atoms. The van der Waals surface area contributed by atoms with Gasteiger partial charge in [0.15, 0.2) is 0 Å². The molecule has 2 aromatic carbocycles. The lowest BCUT2D eigenvalue weighted by atomic mass is 10.1. The van der Waals surface area contributed by atoms with Gasteiger partial charge < -0.3 is 10.1 Å². The number of hydrogen-bond donors (Lipinski definition) is 1. The van der Waals surface area contributed by atoms with E-state index in [1.807, 2.05) is 30.3 Å². The van der Waals surface area contributed by atoms with Crippen LogP contribution in [0.2, 0.25) is 0 Å². The molecule has 0 aliphatic rings. The molecule has 0 heterocycles. The summed E-state index contributed by atoms with van der Waals surface area (Å²) >= 11 is 0. The van der Waals surface area contributed by atoms with Gasteiger partial charge in [0.05, 0.1) is 18.2 Å². The lowest BCUT2D eigenvalue weighted by molar-refractivity contribution is 0.102. The van der Waals surface area contributed by atoms with Crippen molar-refractivity contribution < 1.29 is 9.53 Å². The third kappa shape index (κ3) is 4.35. The Morgan fingerprint density at radius 2 is 1.82 bits per heavy atom. The van der Waals surface area contributed by atoms with Gasteiger partial charge in [-0.25, -0.2) is 0 Å². The lowest BCUT2D eigenvalue weighted by Crippen LogP contribution is -2.11. The van der Waals surface area contributed by atoms with E-state index < -0.39 is 0 Å². The quantitative estimate of drug-likeness (QED) is 0.819. The minimum absolute atomic E-state index is 0.204. The van der Waals surface area contributed by atoms with Gasteiger partial charge >= 0.3 is 0 Å². The van der Waals surface area contributed by atoms with E-state index in [2.05, 4.69) is 12.2 Å². The van der Waals surface area contributed by atoms with Crippen LogP contribution in [0.25, 0.3) is 0 Å². The van der Waals surface area contributed by atoms with E-state index in [4.69, 9.17) is 10.00 Å². The summed E-state index contributed by atoms with van der Waals surface area (Å²) in [6, 6.07) is 15.8. The van der Waals surface area contributed by atoms with Crippen LogP contribution in [0.4, 0.5) is 5.69 Å². The van der Waals surface area contributed by atoms with Gasteiger partial charge in [0.25, 0.3) is 5.91 Å². The zero-order valence-electron chi connectivity index (χ0n) is 12.5. The Hall–Kier alpha value is -2.80. The van der Waals surface area contributed by atoms with Crippen LogP contribution in [-0.4, -0.2) is 12.5 Å². The van der Waals surface area contributed by atoms with E-state index >= 15 is 0 Å². The zero-order chi connectivity index (χ0) is 15.8. The number of carbonyl (C=O) groups is 1. The minimum atomic E-state index is -0.204. The molecule has 0 spiro atoms. The summed E-state index contributed by atoms with van der Waals surface area (Å²) in [4.78, 5) is 12.1. The Kier molecular flexibility index (Phi) is 5.56. The van der Waals surface area contributed by atoms with Crippen molar-refractivity contribution in [2.75, 3.05) is 11.9 Å². The van der Waals surface area contributed by atoms with Gasteiger partial charge in [-0.1, -0.05) is 13.3 Å². The van der Waals surface area contributed by atoms with E-state index in [0.29, 0.717) is 23.4 Å². The maximum Gasteiger partial charge on any atom is 0.255 e. The van der Waals surface area contributed by atoms with Crippen LogP contribution in [0.3, 0.4) is 0 Å². The Bertz CT molecular complexity index is 655. The average molecular weight is 294 g/mol. The third-order valence-corrected chi connectivity index (χ3v) is 3.15. The largest absolute Gasteiger partial charge is 0.494 e. The molecule has 4 heteroatoms. The van der Waals surface area contributed by atoms with Crippen LogP contribution in [0.15, 0.2) is 48.5 Å². The molecule has 0 radical (unpaired) electrons. The fourth-order valence-electron chi connectivity index (χ4n) is 1.87. The molecule has 112 valence electrons. The van der Waals surface area contributed by atoms with Crippen molar-refractivity contribution in [1.82, 2.24) is 0 Å². The van der Waals surface area contributed by atoms with E-state index in [-0.39, 0.29) is 5.91 Å².